The number of fused-ring (bicyclic) bond motifs is 1. The maximum absolute atomic E-state index is 11.6. The number of nitrogens with one attached hydrogen (secondary N) is 2. The topological polar surface area (TPSA) is 135 Å². The molecule has 0 aliphatic heterocycles. The predicted octanol–water partition coefficient (Wildman–Crippen LogP) is -0.424. The van der Waals surface area contributed by atoms with Crippen LogP contribution in [0.1, 0.15) is 6.42 Å². The number of phenolic OH excluding ortho intramolecular Hbond substituents is 1. The van der Waals surface area contributed by atoms with Crippen molar-refractivity contribution in [2.45, 2.75) is 6.42 Å². The van der Waals surface area contributed by atoms with Gasteiger partial charge in [-0.1, -0.05) is 12.1 Å². The molecule has 11 heteroatoms. The lowest BCUT2D eigenvalue weighted by molar-refractivity contribution is 0.477. The van der Waals surface area contributed by atoms with E-state index in [-0.39, 0.29) is 24.6 Å². The highest BCUT2D eigenvalue weighted by atomic mass is 32.2. The molecule has 3 rings (SSSR count). The lowest BCUT2D eigenvalue weighted by atomic mass is 10.0. The van der Waals surface area contributed by atoms with Crippen LogP contribution in [0.3, 0.4) is 0 Å². The van der Waals surface area contributed by atoms with Crippen molar-refractivity contribution in [3.8, 4) is 17.0 Å². The van der Waals surface area contributed by atoms with E-state index in [1.807, 2.05) is 0 Å². The molecule has 2 radical (unpaired) electrons. The van der Waals surface area contributed by atoms with E-state index in [1.54, 1.807) is 34.8 Å². The number of anilines is 1. The van der Waals surface area contributed by atoms with Crippen LogP contribution < -0.4 is 21.2 Å². The molecule has 146 valence electrons. The molecule has 0 spiro atoms. The molecule has 28 heavy (non-hydrogen) atoms. The predicted molar refractivity (Wildman–Crippen MR) is 109 cm³/mol. The minimum Gasteiger partial charge on any atom is -0.507 e. The second kappa shape index (κ2) is 8.59. The van der Waals surface area contributed by atoms with E-state index in [0.29, 0.717) is 41.2 Å². The second-order valence-corrected chi connectivity index (χ2v) is 8.09. The van der Waals surface area contributed by atoms with Crippen LogP contribution in [0.2, 0.25) is 0 Å². The zero-order chi connectivity index (χ0) is 20.1. The maximum Gasteiger partial charge on any atom is 0.212 e. The second-order valence-electron chi connectivity index (χ2n) is 6.16. The molecule has 0 atom stereocenters. The molecule has 2 aromatic heterocycles. The zero-order valence-electron chi connectivity index (χ0n) is 15.2. The fraction of sp³-hybridized carbons (Fsp3) is 0.294. The Hall–Kier alpha value is -2.63. The van der Waals surface area contributed by atoms with Crippen LogP contribution in [0.4, 0.5) is 5.82 Å². The van der Waals surface area contributed by atoms with Crippen LogP contribution in [-0.4, -0.2) is 61.4 Å². The highest BCUT2D eigenvalue weighted by Gasteiger charge is 2.13. The third-order valence-corrected chi connectivity index (χ3v) is 5.46. The van der Waals surface area contributed by atoms with Gasteiger partial charge in [-0.15, -0.1) is 0 Å². The number of benzene rings is 1. The van der Waals surface area contributed by atoms with E-state index < -0.39 is 10.0 Å². The molecule has 0 fully saturated rings. The van der Waals surface area contributed by atoms with E-state index in [1.165, 1.54) is 6.20 Å². The normalized spacial score (nSPS) is 11.8. The summed E-state index contributed by atoms with van der Waals surface area (Å²) in [6, 6.07) is 8.64. The Balaban J connectivity index is 1.76. The number of hydrogen-bond acceptors (Lipinski definition) is 7. The summed E-state index contributed by atoms with van der Waals surface area (Å²) in [7, 11) is 2.63. The van der Waals surface area contributed by atoms with Gasteiger partial charge in [0.25, 0.3) is 0 Å². The smallest absolute Gasteiger partial charge is 0.212 e. The number of nitrogens with two attached hydrogens (primary N) is 1. The van der Waals surface area contributed by atoms with Gasteiger partial charge in [0.1, 0.15) is 19.4 Å². The molecule has 3 aromatic rings. The van der Waals surface area contributed by atoms with Gasteiger partial charge < -0.3 is 16.2 Å². The molecule has 0 aliphatic rings. The highest BCUT2D eigenvalue weighted by Crippen LogP contribution is 2.29. The van der Waals surface area contributed by atoms with Crippen LogP contribution in [0.5, 0.6) is 5.75 Å². The Kier molecular flexibility index (Phi) is 6.17. The van der Waals surface area contributed by atoms with Crippen molar-refractivity contribution >= 4 is 34.8 Å². The molecular formula is C17H21BN6O3S. The summed E-state index contributed by atoms with van der Waals surface area (Å²) in [6.45, 7) is 0.861. The van der Waals surface area contributed by atoms with Gasteiger partial charge in [0, 0.05) is 37.5 Å². The van der Waals surface area contributed by atoms with Gasteiger partial charge in [0.05, 0.1) is 11.4 Å². The molecule has 0 amide bonds. The Morgan fingerprint density at radius 2 is 2.04 bits per heavy atom. The number of aromatic hydroxyl groups is 1. The molecule has 0 saturated carbocycles. The van der Waals surface area contributed by atoms with E-state index in [4.69, 9.17) is 13.6 Å². The van der Waals surface area contributed by atoms with E-state index in [0.717, 1.165) is 0 Å². The van der Waals surface area contributed by atoms with Crippen LogP contribution in [-0.2, 0) is 10.0 Å². The van der Waals surface area contributed by atoms with Crippen molar-refractivity contribution in [1.29, 1.82) is 0 Å². The first-order valence-electron chi connectivity index (χ1n) is 8.75. The van der Waals surface area contributed by atoms with Crippen LogP contribution in [0.25, 0.3) is 16.9 Å². The molecule has 0 unspecified atom stereocenters. The first-order valence-corrected chi connectivity index (χ1v) is 10.4. The summed E-state index contributed by atoms with van der Waals surface area (Å²) in [4.78, 5) is 4.50. The van der Waals surface area contributed by atoms with Gasteiger partial charge in [-0.25, -0.2) is 18.1 Å². The van der Waals surface area contributed by atoms with E-state index >= 15 is 0 Å². The highest BCUT2D eigenvalue weighted by molar-refractivity contribution is 7.89. The quantitative estimate of drug-likeness (QED) is 0.283. The number of phenols is 1. The molecule has 0 aliphatic carbocycles. The van der Waals surface area contributed by atoms with Crippen molar-refractivity contribution in [1.82, 2.24) is 19.3 Å². The standard InChI is InChI=1S/C17H21BN6O3S/c18-13-11-21-24-16(20-7-3-8-22-28(26,27)9-6-19)10-14(23-17(13)24)12-4-1-2-5-15(12)25/h1-2,4-5,10-11,20,22,25H,3,6-9,19H2. The number of sulfonamides is 1. The molecule has 1 aromatic carbocycles. The van der Waals surface area contributed by atoms with E-state index in [9.17, 15) is 13.5 Å². The minimum atomic E-state index is -3.33. The van der Waals surface area contributed by atoms with E-state index in [2.05, 4.69) is 20.1 Å². The number of hydrogen-bond donors (Lipinski definition) is 4. The van der Waals surface area contributed by atoms with Gasteiger partial charge >= 0.3 is 0 Å². The lowest BCUT2D eigenvalue weighted by Gasteiger charge is -2.12. The molecule has 5 N–H and O–H groups in total. The summed E-state index contributed by atoms with van der Waals surface area (Å²) < 4.78 is 27.3. The Labute approximate surface area is 164 Å². The largest absolute Gasteiger partial charge is 0.507 e. The van der Waals surface area contributed by atoms with Crippen molar-refractivity contribution in [2.24, 2.45) is 5.73 Å². The lowest BCUT2D eigenvalue weighted by Crippen LogP contribution is -2.31. The summed E-state index contributed by atoms with van der Waals surface area (Å²) >= 11 is 0. The number of para-hydroxylation sites is 1. The average molecular weight is 400 g/mol. The summed E-state index contributed by atoms with van der Waals surface area (Å²) in [5, 5.41) is 17.6. The first-order chi connectivity index (χ1) is 13.4. The zero-order valence-corrected chi connectivity index (χ0v) is 16.0. The third kappa shape index (κ3) is 4.61. The molecule has 9 nitrogen and oxygen atoms in total. The van der Waals surface area contributed by atoms with Gasteiger partial charge in [0.2, 0.25) is 10.0 Å². The van der Waals surface area contributed by atoms with Crippen molar-refractivity contribution in [3.05, 3.63) is 36.5 Å². The Bertz CT molecular complexity index is 1070. The summed E-state index contributed by atoms with van der Waals surface area (Å²) in [5.74, 6) is 0.643. The number of nitrogens with zero attached hydrogens (tertiary/aromatic N) is 3. The van der Waals surface area contributed by atoms with Gasteiger partial charge in [-0.3, -0.25) is 0 Å². The van der Waals surface area contributed by atoms with Crippen molar-refractivity contribution < 1.29 is 13.5 Å². The van der Waals surface area contributed by atoms with Gasteiger partial charge in [-0.2, -0.15) is 9.61 Å². The Morgan fingerprint density at radius 3 is 2.79 bits per heavy atom. The SMILES string of the molecule is [B]c1cnn2c(NCCCNS(=O)(=O)CCN)cc(-c3ccccc3O)nc12. The monoisotopic (exact) mass is 400 g/mol. The number of rotatable bonds is 9. The maximum atomic E-state index is 11.6. The third-order valence-electron chi connectivity index (χ3n) is 4.05. The molecular weight excluding hydrogens is 379 g/mol. The number of aromatic nitrogens is 3. The first kappa shape index (κ1) is 20.1. The molecule has 0 saturated heterocycles. The molecule has 0 bridgehead atoms. The fourth-order valence-electron chi connectivity index (χ4n) is 2.69. The molecule has 2 heterocycles. The summed E-state index contributed by atoms with van der Waals surface area (Å²) in [6.07, 6.45) is 2.05. The van der Waals surface area contributed by atoms with Gasteiger partial charge in [-0.05, 0) is 24.0 Å². The van der Waals surface area contributed by atoms with Crippen LogP contribution >= 0.6 is 0 Å². The van der Waals surface area contributed by atoms with Crippen LogP contribution in [0, 0.1) is 0 Å². The average Bonchev–Trinajstić information content (AvgIpc) is 3.03. The van der Waals surface area contributed by atoms with Crippen LogP contribution in [0.15, 0.2) is 36.5 Å². The fourth-order valence-corrected chi connectivity index (χ4v) is 3.60. The summed E-state index contributed by atoms with van der Waals surface area (Å²) in [5.41, 5.74) is 7.27. The minimum absolute atomic E-state index is 0.0818. The van der Waals surface area contributed by atoms with Crippen molar-refractivity contribution in [2.75, 3.05) is 30.7 Å². The Morgan fingerprint density at radius 1 is 1.25 bits per heavy atom. The van der Waals surface area contributed by atoms with Gasteiger partial charge in [0.15, 0.2) is 5.65 Å². The van der Waals surface area contributed by atoms with Crippen molar-refractivity contribution in [3.63, 3.8) is 0 Å².